The lowest BCUT2D eigenvalue weighted by atomic mass is 10.1. The maximum Gasteiger partial charge on any atom is 0.341 e. The number of esters is 1. The van der Waals surface area contributed by atoms with E-state index in [0.717, 1.165) is 17.2 Å². The van der Waals surface area contributed by atoms with E-state index in [-0.39, 0.29) is 16.9 Å². The normalized spacial score (nSPS) is 10.2. The Balaban J connectivity index is 1.98. The molecule has 2 aromatic carbocycles. The highest BCUT2D eigenvalue weighted by Crippen LogP contribution is 2.20. The molecule has 8 nitrogen and oxygen atoms in total. The van der Waals surface area contributed by atoms with Crippen LogP contribution in [0.2, 0.25) is 0 Å². The Kier molecular flexibility index (Phi) is 5.90. The molecule has 136 valence electrons. The van der Waals surface area contributed by atoms with Gasteiger partial charge in [0.2, 0.25) is 0 Å². The highest BCUT2D eigenvalue weighted by Gasteiger charge is 2.19. The Morgan fingerprint density at radius 2 is 1.92 bits per heavy atom. The van der Waals surface area contributed by atoms with E-state index in [4.69, 9.17) is 10.5 Å². The molecule has 1 amide bonds. The molecule has 0 aliphatic rings. The number of likely N-dealkylation sites (N-methyl/N-ethyl adjacent to an activating group) is 1. The molecule has 2 N–H and O–H groups in total. The standard InChI is InChI=1S/C18H19N3O5/c1-12-5-3-4-6-13(12)10-20(2)17(22)11-26-18(23)15-9-14(21(24)25)7-8-16(15)19/h3-9H,10-11,19H2,1-2H3. The first-order valence-corrected chi connectivity index (χ1v) is 7.79. The molecule has 0 spiro atoms. The lowest BCUT2D eigenvalue weighted by Crippen LogP contribution is -2.31. The smallest absolute Gasteiger partial charge is 0.341 e. The summed E-state index contributed by atoms with van der Waals surface area (Å²) in [6.07, 6.45) is 0. The van der Waals surface area contributed by atoms with Crippen LogP contribution in [0.15, 0.2) is 42.5 Å². The fraction of sp³-hybridized carbons (Fsp3) is 0.222. The molecule has 0 radical (unpaired) electrons. The van der Waals surface area contributed by atoms with Crippen LogP contribution in [-0.2, 0) is 16.1 Å². The summed E-state index contributed by atoms with van der Waals surface area (Å²) in [6.45, 7) is 1.84. The number of nitrogens with zero attached hydrogens (tertiary/aromatic N) is 2. The average molecular weight is 357 g/mol. The van der Waals surface area contributed by atoms with Gasteiger partial charge in [0.1, 0.15) is 0 Å². The first-order valence-electron chi connectivity index (χ1n) is 7.79. The predicted octanol–water partition coefficient (Wildman–Crippen LogP) is 2.30. The van der Waals surface area contributed by atoms with Crippen molar-refractivity contribution in [3.8, 4) is 0 Å². The van der Waals surface area contributed by atoms with Gasteiger partial charge in [-0.1, -0.05) is 24.3 Å². The number of ether oxygens (including phenoxy) is 1. The number of amides is 1. The van der Waals surface area contributed by atoms with Crippen LogP contribution in [0.5, 0.6) is 0 Å². The summed E-state index contributed by atoms with van der Waals surface area (Å²) in [5.74, 6) is -1.28. The number of anilines is 1. The minimum Gasteiger partial charge on any atom is -0.452 e. The number of nitro groups is 1. The van der Waals surface area contributed by atoms with E-state index in [0.29, 0.717) is 6.54 Å². The Bertz CT molecular complexity index is 850. The van der Waals surface area contributed by atoms with Gasteiger partial charge in [-0.3, -0.25) is 14.9 Å². The van der Waals surface area contributed by atoms with Crippen LogP contribution in [0.1, 0.15) is 21.5 Å². The van der Waals surface area contributed by atoms with Crippen LogP contribution in [0.3, 0.4) is 0 Å². The molecule has 0 fully saturated rings. The highest BCUT2D eigenvalue weighted by atomic mass is 16.6. The van der Waals surface area contributed by atoms with E-state index < -0.39 is 23.4 Å². The summed E-state index contributed by atoms with van der Waals surface area (Å²) in [7, 11) is 1.60. The van der Waals surface area contributed by atoms with Gasteiger partial charge in [0.05, 0.1) is 10.5 Å². The monoisotopic (exact) mass is 357 g/mol. The largest absolute Gasteiger partial charge is 0.452 e. The fourth-order valence-electron chi connectivity index (χ4n) is 2.28. The third-order valence-electron chi connectivity index (χ3n) is 3.89. The third kappa shape index (κ3) is 4.56. The first kappa shape index (κ1) is 18.9. The molecule has 8 heteroatoms. The second-order valence-electron chi connectivity index (χ2n) is 5.78. The topological polar surface area (TPSA) is 116 Å². The summed E-state index contributed by atoms with van der Waals surface area (Å²) >= 11 is 0. The van der Waals surface area contributed by atoms with Crippen LogP contribution < -0.4 is 5.73 Å². The van der Waals surface area contributed by atoms with Gasteiger partial charge in [0.15, 0.2) is 6.61 Å². The number of nitrogen functional groups attached to an aromatic ring is 1. The van der Waals surface area contributed by atoms with Gasteiger partial charge in [-0.25, -0.2) is 4.79 Å². The van der Waals surface area contributed by atoms with Gasteiger partial charge < -0.3 is 15.4 Å². The summed E-state index contributed by atoms with van der Waals surface area (Å²) in [5.41, 5.74) is 7.31. The lowest BCUT2D eigenvalue weighted by molar-refractivity contribution is -0.384. The maximum atomic E-state index is 12.2. The summed E-state index contributed by atoms with van der Waals surface area (Å²) in [5, 5.41) is 10.8. The number of nitro benzene ring substituents is 1. The number of hydrogen-bond donors (Lipinski definition) is 1. The van der Waals surface area contributed by atoms with E-state index in [1.807, 2.05) is 31.2 Å². The molecule has 0 atom stereocenters. The number of rotatable bonds is 6. The van der Waals surface area contributed by atoms with Crippen molar-refractivity contribution >= 4 is 23.3 Å². The van der Waals surface area contributed by atoms with Crippen LogP contribution in [0.25, 0.3) is 0 Å². The maximum absolute atomic E-state index is 12.2. The van der Waals surface area contributed by atoms with Gasteiger partial charge in [0, 0.05) is 31.4 Å². The molecular weight excluding hydrogens is 338 g/mol. The average Bonchev–Trinajstić information content (AvgIpc) is 2.61. The molecule has 0 aliphatic heterocycles. The van der Waals surface area contributed by atoms with Crippen molar-refractivity contribution in [1.29, 1.82) is 0 Å². The molecule has 2 rings (SSSR count). The minimum absolute atomic E-state index is 0.0429. The van der Waals surface area contributed by atoms with Gasteiger partial charge in [-0.15, -0.1) is 0 Å². The second kappa shape index (κ2) is 8.11. The van der Waals surface area contributed by atoms with Gasteiger partial charge in [-0.05, 0) is 24.1 Å². The predicted molar refractivity (Wildman–Crippen MR) is 95.4 cm³/mol. The highest BCUT2D eigenvalue weighted by molar-refractivity contribution is 5.96. The summed E-state index contributed by atoms with van der Waals surface area (Å²) in [6, 6.07) is 11.1. The number of carbonyl (C=O) groups is 2. The zero-order chi connectivity index (χ0) is 19.3. The Hall–Kier alpha value is -3.42. The number of carbonyl (C=O) groups excluding carboxylic acids is 2. The Morgan fingerprint density at radius 1 is 1.23 bits per heavy atom. The second-order valence-corrected chi connectivity index (χ2v) is 5.78. The number of non-ortho nitro benzene ring substituents is 1. The molecule has 0 saturated carbocycles. The van der Waals surface area contributed by atoms with Crippen molar-refractivity contribution in [2.24, 2.45) is 0 Å². The zero-order valence-electron chi connectivity index (χ0n) is 14.5. The van der Waals surface area contributed by atoms with Crippen LogP contribution >= 0.6 is 0 Å². The molecule has 0 bridgehead atoms. The first-order chi connectivity index (χ1) is 12.3. The molecular formula is C18H19N3O5. The molecule has 0 unspecified atom stereocenters. The van der Waals surface area contributed by atoms with E-state index in [9.17, 15) is 19.7 Å². The minimum atomic E-state index is -0.885. The van der Waals surface area contributed by atoms with Crippen LogP contribution in [-0.4, -0.2) is 35.4 Å². The van der Waals surface area contributed by atoms with Crippen molar-refractivity contribution in [2.45, 2.75) is 13.5 Å². The van der Waals surface area contributed by atoms with Crippen molar-refractivity contribution in [1.82, 2.24) is 4.90 Å². The number of hydrogen-bond acceptors (Lipinski definition) is 6. The summed E-state index contributed by atoms with van der Waals surface area (Å²) < 4.78 is 4.96. The van der Waals surface area contributed by atoms with Gasteiger partial charge >= 0.3 is 5.97 Å². The fourth-order valence-corrected chi connectivity index (χ4v) is 2.28. The lowest BCUT2D eigenvalue weighted by Gasteiger charge is -2.18. The number of nitrogens with two attached hydrogens (primary N) is 1. The molecule has 0 saturated heterocycles. The number of benzene rings is 2. The van der Waals surface area contributed by atoms with E-state index in [1.54, 1.807) is 7.05 Å². The van der Waals surface area contributed by atoms with Crippen LogP contribution in [0, 0.1) is 17.0 Å². The quantitative estimate of drug-likeness (QED) is 0.367. The third-order valence-corrected chi connectivity index (χ3v) is 3.89. The molecule has 2 aromatic rings. The van der Waals surface area contributed by atoms with Crippen molar-refractivity contribution in [2.75, 3.05) is 19.4 Å². The zero-order valence-corrected chi connectivity index (χ0v) is 14.5. The molecule has 26 heavy (non-hydrogen) atoms. The Morgan fingerprint density at radius 3 is 2.58 bits per heavy atom. The van der Waals surface area contributed by atoms with Crippen LogP contribution in [0.4, 0.5) is 11.4 Å². The van der Waals surface area contributed by atoms with Crippen molar-refractivity contribution in [3.05, 3.63) is 69.3 Å². The van der Waals surface area contributed by atoms with Gasteiger partial charge in [0.25, 0.3) is 11.6 Å². The SMILES string of the molecule is Cc1ccccc1CN(C)C(=O)COC(=O)c1cc([N+](=O)[O-])ccc1N. The van der Waals surface area contributed by atoms with Gasteiger partial charge in [-0.2, -0.15) is 0 Å². The van der Waals surface area contributed by atoms with E-state index >= 15 is 0 Å². The molecule has 0 aliphatic carbocycles. The van der Waals surface area contributed by atoms with E-state index in [2.05, 4.69) is 0 Å². The van der Waals surface area contributed by atoms with Crippen molar-refractivity contribution in [3.63, 3.8) is 0 Å². The van der Waals surface area contributed by atoms with Crippen molar-refractivity contribution < 1.29 is 19.2 Å². The Labute approximate surface area is 150 Å². The molecule has 0 heterocycles. The summed E-state index contributed by atoms with van der Waals surface area (Å²) in [4.78, 5) is 35.8. The van der Waals surface area contributed by atoms with E-state index in [1.165, 1.54) is 17.0 Å². The molecule has 0 aromatic heterocycles. The number of aryl methyl sites for hydroxylation is 1.